The predicted octanol–water partition coefficient (Wildman–Crippen LogP) is 0.114. The van der Waals surface area contributed by atoms with Crippen LogP contribution in [0.25, 0.3) is 0 Å². The smallest absolute Gasteiger partial charge is 0.329 e. The number of hydrogen-bond donors (Lipinski definition) is 2. The summed E-state index contributed by atoms with van der Waals surface area (Å²) in [5, 5.41) is 2.95. The van der Waals surface area contributed by atoms with Crippen LogP contribution in [0.15, 0.2) is 15.7 Å². The Kier molecular flexibility index (Phi) is 3.76. The number of nitrogens with zero attached hydrogens (tertiary/aromatic N) is 1. The Bertz CT molecular complexity index is 410. The quantitative estimate of drug-likeness (QED) is 0.556. The largest absolute Gasteiger partial charge is 0.371 e. The summed E-state index contributed by atoms with van der Waals surface area (Å²) < 4.78 is 1.34. The summed E-state index contributed by atoms with van der Waals surface area (Å²) in [6, 6.07) is 1.34. The summed E-state index contributed by atoms with van der Waals surface area (Å²) in [7, 11) is 1.58. The summed E-state index contributed by atoms with van der Waals surface area (Å²) in [6.07, 6.45) is 0.780. The van der Waals surface area contributed by atoms with Crippen LogP contribution in [0.5, 0.6) is 0 Å². The van der Waals surface area contributed by atoms with E-state index in [1.165, 1.54) is 10.6 Å². The number of alkyl halides is 1. The maximum Gasteiger partial charge on any atom is 0.329 e. The molecule has 0 atom stereocenters. The van der Waals surface area contributed by atoms with E-state index in [-0.39, 0.29) is 0 Å². The van der Waals surface area contributed by atoms with E-state index >= 15 is 0 Å². The van der Waals surface area contributed by atoms with Crippen LogP contribution < -0.4 is 16.6 Å². The Hall–Kier alpha value is -1.23. The van der Waals surface area contributed by atoms with Crippen molar-refractivity contribution in [3.05, 3.63) is 26.9 Å². The van der Waals surface area contributed by atoms with E-state index < -0.39 is 11.2 Å². The highest BCUT2D eigenvalue weighted by Crippen LogP contribution is 1.97. The fourth-order valence-electron chi connectivity index (χ4n) is 1.01. The monoisotopic (exact) mass is 217 g/mol. The van der Waals surface area contributed by atoms with Crippen molar-refractivity contribution >= 4 is 17.4 Å². The number of nitrogens with one attached hydrogen (secondary N) is 2. The van der Waals surface area contributed by atoms with E-state index in [1.54, 1.807) is 7.05 Å². The molecule has 0 aromatic carbocycles. The number of anilines is 1. The molecule has 0 bridgehead atoms. The van der Waals surface area contributed by atoms with Crippen LogP contribution in [0, 0.1) is 0 Å². The minimum absolute atomic E-state index is 0.401. The van der Waals surface area contributed by atoms with Gasteiger partial charge in [0.2, 0.25) is 0 Å². The Morgan fingerprint density at radius 3 is 2.93 bits per heavy atom. The lowest BCUT2D eigenvalue weighted by Gasteiger charge is -2.08. The molecule has 0 aliphatic heterocycles. The zero-order valence-corrected chi connectivity index (χ0v) is 8.60. The highest BCUT2D eigenvalue weighted by atomic mass is 35.5. The van der Waals surface area contributed by atoms with Crippen molar-refractivity contribution < 1.29 is 0 Å². The van der Waals surface area contributed by atoms with Crippen molar-refractivity contribution in [2.75, 3.05) is 17.7 Å². The van der Waals surface area contributed by atoms with Gasteiger partial charge in [0, 0.05) is 25.5 Å². The highest BCUT2D eigenvalue weighted by molar-refractivity contribution is 6.17. The number of aromatic nitrogens is 2. The molecule has 6 heteroatoms. The second-order valence-electron chi connectivity index (χ2n) is 2.85. The topological polar surface area (TPSA) is 66.9 Å². The summed E-state index contributed by atoms with van der Waals surface area (Å²) in [6.45, 7) is 0.639. The molecular formula is C8H12ClN3O2. The van der Waals surface area contributed by atoms with Gasteiger partial charge < -0.3 is 5.32 Å². The van der Waals surface area contributed by atoms with Crippen LogP contribution in [0.4, 0.5) is 5.82 Å². The molecule has 0 fully saturated rings. The summed E-state index contributed by atoms with van der Waals surface area (Å²) in [5.74, 6) is 1.05. The average Bonchev–Trinajstić information content (AvgIpc) is 2.13. The van der Waals surface area contributed by atoms with Gasteiger partial charge in [-0.05, 0) is 6.42 Å². The maximum absolute atomic E-state index is 11.1. The van der Waals surface area contributed by atoms with Gasteiger partial charge in [-0.3, -0.25) is 14.3 Å². The molecule has 0 saturated heterocycles. The molecule has 0 amide bonds. The molecule has 1 aromatic heterocycles. The van der Waals surface area contributed by atoms with Crippen molar-refractivity contribution in [3.8, 4) is 0 Å². The average molecular weight is 218 g/mol. The molecule has 0 saturated carbocycles. The van der Waals surface area contributed by atoms with Gasteiger partial charge in [0.05, 0.1) is 0 Å². The summed E-state index contributed by atoms with van der Waals surface area (Å²) in [5.41, 5.74) is -0.827. The van der Waals surface area contributed by atoms with Crippen LogP contribution in [0.3, 0.4) is 0 Å². The lowest BCUT2D eigenvalue weighted by Crippen LogP contribution is -2.29. The lowest BCUT2D eigenvalue weighted by molar-refractivity contribution is 0.795. The number of rotatable bonds is 4. The molecule has 0 aliphatic carbocycles. The third-order valence-electron chi connectivity index (χ3n) is 1.78. The van der Waals surface area contributed by atoms with E-state index in [9.17, 15) is 9.59 Å². The molecule has 14 heavy (non-hydrogen) atoms. The number of hydrogen-bond acceptors (Lipinski definition) is 3. The molecule has 1 heterocycles. The lowest BCUT2D eigenvalue weighted by atomic mass is 10.4. The van der Waals surface area contributed by atoms with Crippen LogP contribution in [0.2, 0.25) is 0 Å². The fourth-order valence-corrected chi connectivity index (χ4v) is 1.14. The molecular weight excluding hydrogens is 206 g/mol. The van der Waals surface area contributed by atoms with Gasteiger partial charge in [-0.25, -0.2) is 4.79 Å². The first-order chi connectivity index (χ1) is 6.65. The van der Waals surface area contributed by atoms with Crippen molar-refractivity contribution in [2.24, 2.45) is 7.05 Å². The van der Waals surface area contributed by atoms with Gasteiger partial charge in [0.25, 0.3) is 5.56 Å². The number of aromatic amines is 1. The van der Waals surface area contributed by atoms with Gasteiger partial charge >= 0.3 is 5.69 Å². The second kappa shape index (κ2) is 4.85. The minimum Gasteiger partial charge on any atom is -0.371 e. The molecule has 1 rings (SSSR count). The first-order valence-corrected chi connectivity index (χ1v) is 4.79. The normalized spacial score (nSPS) is 10.1. The molecule has 5 nitrogen and oxygen atoms in total. The first kappa shape index (κ1) is 10.8. The molecule has 1 aromatic rings. The first-order valence-electron chi connectivity index (χ1n) is 4.25. The van der Waals surface area contributed by atoms with E-state index in [2.05, 4.69) is 10.3 Å². The zero-order valence-electron chi connectivity index (χ0n) is 7.84. The van der Waals surface area contributed by atoms with Gasteiger partial charge in [-0.1, -0.05) is 0 Å². The van der Waals surface area contributed by atoms with Gasteiger partial charge in [0.15, 0.2) is 0 Å². The van der Waals surface area contributed by atoms with Crippen molar-refractivity contribution in [3.63, 3.8) is 0 Å². The Morgan fingerprint density at radius 2 is 2.29 bits per heavy atom. The zero-order chi connectivity index (χ0) is 10.6. The minimum atomic E-state index is -0.425. The van der Waals surface area contributed by atoms with Crippen LogP contribution >= 0.6 is 11.6 Å². The molecule has 0 unspecified atom stereocenters. The SMILES string of the molecule is Cn1c(NCCCCl)cc(=O)[nH]c1=O. The molecule has 2 N–H and O–H groups in total. The summed E-state index contributed by atoms with van der Waals surface area (Å²) in [4.78, 5) is 24.3. The van der Waals surface area contributed by atoms with Crippen molar-refractivity contribution in [2.45, 2.75) is 6.42 Å². The Balaban J connectivity index is 2.86. The standard InChI is InChI=1S/C8H12ClN3O2/c1-12-6(10-4-2-3-9)5-7(13)11-8(12)14/h5,10H,2-4H2,1H3,(H,11,13,14). The fraction of sp³-hybridized carbons (Fsp3) is 0.500. The van der Waals surface area contributed by atoms with Gasteiger partial charge in [0.1, 0.15) is 5.82 Å². The second-order valence-corrected chi connectivity index (χ2v) is 3.23. The highest BCUT2D eigenvalue weighted by Gasteiger charge is 2.00. The van der Waals surface area contributed by atoms with Gasteiger partial charge in [-0.15, -0.1) is 11.6 Å². The van der Waals surface area contributed by atoms with E-state index in [0.717, 1.165) is 6.42 Å². The van der Waals surface area contributed by atoms with Crippen molar-refractivity contribution in [1.82, 2.24) is 9.55 Å². The maximum atomic E-state index is 11.1. The van der Waals surface area contributed by atoms with E-state index in [4.69, 9.17) is 11.6 Å². The van der Waals surface area contributed by atoms with Crippen molar-refractivity contribution in [1.29, 1.82) is 0 Å². The van der Waals surface area contributed by atoms with Gasteiger partial charge in [-0.2, -0.15) is 0 Å². The third kappa shape index (κ3) is 2.63. The third-order valence-corrected chi connectivity index (χ3v) is 2.05. The predicted molar refractivity (Wildman–Crippen MR) is 56.1 cm³/mol. The number of halogens is 1. The molecule has 0 aliphatic rings. The van der Waals surface area contributed by atoms with Crippen LogP contribution in [0.1, 0.15) is 6.42 Å². The summed E-state index contributed by atoms with van der Waals surface area (Å²) >= 11 is 5.49. The Labute approximate surface area is 85.7 Å². The molecule has 0 spiro atoms. The van der Waals surface area contributed by atoms with E-state index in [1.807, 2.05) is 0 Å². The van der Waals surface area contributed by atoms with Crippen LogP contribution in [-0.4, -0.2) is 22.0 Å². The number of H-pyrrole nitrogens is 1. The van der Waals surface area contributed by atoms with Crippen LogP contribution in [-0.2, 0) is 7.05 Å². The van der Waals surface area contributed by atoms with E-state index in [0.29, 0.717) is 18.2 Å². The molecule has 78 valence electrons. The Morgan fingerprint density at radius 1 is 1.57 bits per heavy atom. The molecule has 0 radical (unpaired) electrons.